The maximum Gasteiger partial charge on any atom is 0.405 e. The standard InChI is InChI=1S/C20H20F3N5O2/c1-19(2,30)5-6-25-18(29)13-9-26-15-12-4-3-11(8-24)7-14(12)28-17(15)16(13)27-10-20(21,22)23/h3-4,7,9,28,30H,5-6,10H2,1-2H3,(H,25,29)(H,26,27). The van der Waals surface area contributed by atoms with Crippen LogP contribution in [0.2, 0.25) is 0 Å². The molecule has 0 unspecified atom stereocenters. The van der Waals surface area contributed by atoms with E-state index in [9.17, 15) is 23.1 Å². The molecule has 0 atom stereocenters. The number of alkyl halides is 3. The molecule has 0 spiro atoms. The summed E-state index contributed by atoms with van der Waals surface area (Å²) in [4.78, 5) is 19.9. The lowest BCUT2D eigenvalue weighted by atomic mass is 10.1. The van der Waals surface area contributed by atoms with E-state index >= 15 is 0 Å². The second-order valence-electron chi connectivity index (χ2n) is 7.55. The van der Waals surface area contributed by atoms with Crippen LogP contribution >= 0.6 is 0 Å². The SMILES string of the molecule is CC(C)(O)CCNC(=O)c1cnc2c([nH]c3cc(C#N)ccc32)c1NCC(F)(F)F. The lowest BCUT2D eigenvalue weighted by Crippen LogP contribution is -2.31. The second-order valence-corrected chi connectivity index (χ2v) is 7.55. The van der Waals surface area contributed by atoms with Crippen molar-refractivity contribution in [1.29, 1.82) is 5.26 Å². The van der Waals surface area contributed by atoms with Gasteiger partial charge in [-0.3, -0.25) is 9.78 Å². The number of H-pyrrole nitrogens is 1. The molecule has 3 rings (SSSR count). The summed E-state index contributed by atoms with van der Waals surface area (Å²) in [5.74, 6) is -0.616. The molecule has 0 radical (unpaired) electrons. The first-order valence-electron chi connectivity index (χ1n) is 9.14. The number of aliphatic hydroxyl groups is 1. The van der Waals surface area contributed by atoms with Gasteiger partial charge in [0, 0.05) is 23.6 Å². The molecule has 0 bridgehead atoms. The minimum atomic E-state index is -4.50. The number of hydrogen-bond donors (Lipinski definition) is 4. The molecule has 1 amide bonds. The minimum Gasteiger partial charge on any atom is -0.390 e. The minimum absolute atomic E-state index is 0.0345. The molecular weight excluding hydrogens is 399 g/mol. The molecule has 1 aromatic carbocycles. The van der Waals surface area contributed by atoms with Crippen molar-refractivity contribution in [2.45, 2.75) is 32.0 Å². The molecule has 2 heterocycles. The predicted octanol–water partition coefficient (Wildman–Crippen LogP) is 3.45. The topological polar surface area (TPSA) is 114 Å². The Bertz CT molecular complexity index is 1140. The number of benzene rings is 1. The van der Waals surface area contributed by atoms with E-state index in [0.717, 1.165) is 0 Å². The molecule has 0 aliphatic rings. The molecule has 0 saturated carbocycles. The van der Waals surface area contributed by atoms with Crippen LogP contribution in [0.4, 0.5) is 18.9 Å². The second kappa shape index (κ2) is 7.84. The predicted molar refractivity (Wildman–Crippen MR) is 106 cm³/mol. The Labute approximate surface area is 169 Å². The van der Waals surface area contributed by atoms with Gasteiger partial charge in [0.05, 0.1) is 39.5 Å². The van der Waals surface area contributed by atoms with Gasteiger partial charge >= 0.3 is 6.18 Å². The monoisotopic (exact) mass is 419 g/mol. The third kappa shape index (κ3) is 4.80. The van der Waals surface area contributed by atoms with Crippen LogP contribution in [-0.4, -0.2) is 45.8 Å². The summed E-state index contributed by atoms with van der Waals surface area (Å²) >= 11 is 0. The van der Waals surface area contributed by atoms with E-state index in [2.05, 4.69) is 20.6 Å². The zero-order chi connectivity index (χ0) is 22.1. The van der Waals surface area contributed by atoms with Gasteiger partial charge in [0.2, 0.25) is 0 Å². The van der Waals surface area contributed by atoms with Gasteiger partial charge in [-0.25, -0.2) is 0 Å². The fraction of sp³-hybridized carbons (Fsp3) is 0.350. The molecule has 2 aromatic heterocycles. The van der Waals surface area contributed by atoms with Crippen molar-refractivity contribution in [3.8, 4) is 6.07 Å². The van der Waals surface area contributed by atoms with Crippen LogP contribution in [0.25, 0.3) is 21.9 Å². The van der Waals surface area contributed by atoms with E-state index in [1.807, 2.05) is 6.07 Å². The zero-order valence-electron chi connectivity index (χ0n) is 16.3. The summed E-state index contributed by atoms with van der Waals surface area (Å²) in [5, 5.41) is 24.3. The Morgan fingerprint density at radius 3 is 2.70 bits per heavy atom. The van der Waals surface area contributed by atoms with Gasteiger partial charge in [-0.15, -0.1) is 0 Å². The van der Waals surface area contributed by atoms with Crippen LogP contribution in [0.5, 0.6) is 0 Å². The van der Waals surface area contributed by atoms with E-state index in [1.165, 1.54) is 6.20 Å². The van der Waals surface area contributed by atoms with Crippen molar-refractivity contribution in [2.24, 2.45) is 0 Å². The third-order valence-electron chi connectivity index (χ3n) is 4.47. The molecular formula is C20H20F3N5O2. The maximum absolute atomic E-state index is 12.9. The smallest absolute Gasteiger partial charge is 0.390 e. The van der Waals surface area contributed by atoms with Gasteiger partial charge in [0.1, 0.15) is 6.54 Å². The highest BCUT2D eigenvalue weighted by molar-refractivity contribution is 6.13. The number of nitriles is 1. The number of carbonyl (C=O) groups excluding carboxylic acids is 1. The number of aromatic amines is 1. The fourth-order valence-corrected chi connectivity index (χ4v) is 3.02. The molecule has 30 heavy (non-hydrogen) atoms. The largest absolute Gasteiger partial charge is 0.405 e. The van der Waals surface area contributed by atoms with E-state index in [1.54, 1.807) is 32.0 Å². The first-order valence-corrected chi connectivity index (χ1v) is 9.14. The lowest BCUT2D eigenvalue weighted by Gasteiger charge is -2.18. The number of nitrogens with zero attached hydrogens (tertiary/aromatic N) is 2. The van der Waals surface area contributed by atoms with Crippen molar-refractivity contribution in [2.75, 3.05) is 18.4 Å². The summed E-state index contributed by atoms with van der Waals surface area (Å²) in [6.45, 7) is 1.97. The number of aromatic nitrogens is 2. The number of hydrogen-bond acceptors (Lipinski definition) is 5. The Balaban J connectivity index is 2.05. The van der Waals surface area contributed by atoms with E-state index < -0.39 is 24.2 Å². The van der Waals surface area contributed by atoms with Crippen LogP contribution < -0.4 is 10.6 Å². The molecule has 3 aromatic rings. The lowest BCUT2D eigenvalue weighted by molar-refractivity contribution is -0.115. The number of rotatable bonds is 6. The van der Waals surface area contributed by atoms with Crippen LogP contribution in [0, 0.1) is 11.3 Å². The highest BCUT2D eigenvalue weighted by atomic mass is 19.4. The molecule has 0 aliphatic heterocycles. The average Bonchev–Trinajstić information content (AvgIpc) is 3.01. The molecule has 0 fully saturated rings. The normalized spacial score (nSPS) is 12.2. The number of halogens is 3. The van der Waals surface area contributed by atoms with Crippen molar-refractivity contribution in [3.05, 3.63) is 35.5 Å². The quantitative estimate of drug-likeness (QED) is 0.489. The maximum atomic E-state index is 12.9. The summed E-state index contributed by atoms with van der Waals surface area (Å²) < 4.78 is 38.6. The van der Waals surface area contributed by atoms with E-state index in [4.69, 9.17) is 5.26 Å². The van der Waals surface area contributed by atoms with Crippen LogP contribution in [0.15, 0.2) is 24.4 Å². The molecule has 158 valence electrons. The molecule has 0 saturated heterocycles. The first kappa shape index (κ1) is 21.4. The van der Waals surface area contributed by atoms with Crippen molar-refractivity contribution in [1.82, 2.24) is 15.3 Å². The summed E-state index contributed by atoms with van der Waals surface area (Å²) in [6, 6.07) is 6.79. The number of carbonyl (C=O) groups is 1. The fourth-order valence-electron chi connectivity index (χ4n) is 3.02. The van der Waals surface area contributed by atoms with Crippen molar-refractivity contribution in [3.63, 3.8) is 0 Å². The summed E-state index contributed by atoms with van der Waals surface area (Å²) in [5.41, 5.74) is 0.423. The number of nitrogens with one attached hydrogen (secondary N) is 3. The molecule has 4 N–H and O–H groups in total. The number of fused-ring (bicyclic) bond motifs is 3. The number of anilines is 1. The Morgan fingerprint density at radius 2 is 2.07 bits per heavy atom. The average molecular weight is 419 g/mol. The Morgan fingerprint density at radius 1 is 1.33 bits per heavy atom. The third-order valence-corrected chi connectivity index (χ3v) is 4.47. The highest BCUT2D eigenvalue weighted by Crippen LogP contribution is 2.32. The summed E-state index contributed by atoms with van der Waals surface area (Å²) in [6.07, 6.45) is -3.01. The van der Waals surface area contributed by atoms with Crippen LogP contribution in [-0.2, 0) is 0 Å². The summed E-state index contributed by atoms with van der Waals surface area (Å²) in [7, 11) is 0. The number of amides is 1. The highest BCUT2D eigenvalue weighted by Gasteiger charge is 2.29. The van der Waals surface area contributed by atoms with Crippen molar-refractivity contribution < 1.29 is 23.1 Å². The van der Waals surface area contributed by atoms with Gasteiger partial charge in [-0.2, -0.15) is 18.4 Å². The van der Waals surface area contributed by atoms with Gasteiger partial charge < -0.3 is 20.7 Å². The van der Waals surface area contributed by atoms with E-state index in [-0.39, 0.29) is 29.7 Å². The van der Waals surface area contributed by atoms with Crippen LogP contribution in [0.3, 0.4) is 0 Å². The Hall–Kier alpha value is -3.32. The zero-order valence-corrected chi connectivity index (χ0v) is 16.3. The van der Waals surface area contributed by atoms with E-state index in [0.29, 0.717) is 22.0 Å². The van der Waals surface area contributed by atoms with Gasteiger partial charge in [0.25, 0.3) is 5.91 Å². The first-order chi connectivity index (χ1) is 14.0. The molecule has 10 heteroatoms. The van der Waals surface area contributed by atoms with Gasteiger partial charge in [-0.05, 0) is 38.5 Å². The van der Waals surface area contributed by atoms with Crippen LogP contribution in [0.1, 0.15) is 36.2 Å². The molecule has 0 aliphatic carbocycles. The molecule has 7 nitrogen and oxygen atoms in total. The van der Waals surface area contributed by atoms with Gasteiger partial charge in [0.15, 0.2) is 0 Å². The Kier molecular flexibility index (Phi) is 5.59. The van der Waals surface area contributed by atoms with Gasteiger partial charge in [-0.1, -0.05) is 0 Å². The van der Waals surface area contributed by atoms with Crippen molar-refractivity contribution >= 4 is 33.5 Å². The number of pyridine rings is 1.